The molecule has 0 aliphatic carbocycles. The van der Waals surface area contributed by atoms with Crippen LogP contribution in [0.1, 0.15) is 27.7 Å². The van der Waals surface area contributed by atoms with E-state index in [0.717, 1.165) is 11.3 Å². The lowest BCUT2D eigenvalue weighted by Crippen LogP contribution is -2.17. The molecule has 0 atom stereocenters. The Morgan fingerprint density at radius 1 is 1.15 bits per heavy atom. The van der Waals surface area contributed by atoms with E-state index in [2.05, 4.69) is 5.32 Å². The minimum absolute atomic E-state index is 0.0312. The third-order valence-corrected chi connectivity index (χ3v) is 1.60. The van der Waals surface area contributed by atoms with E-state index in [1.54, 1.807) is 0 Å². The van der Waals surface area contributed by atoms with Crippen molar-refractivity contribution in [1.82, 2.24) is 5.32 Å². The molecule has 0 aromatic heterocycles. The van der Waals surface area contributed by atoms with E-state index >= 15 is 0 Å². The Bertz CT molecular complexity index is 259. The van der Waals surface area contributed by atoms with E-state index in [-0.39, 0.29) is 5.91 Å². The average Bonchev–Trinajstić information content (AvgIpc) is 2.03. The van der Waals surface area contributed by atoms with Crippen LogP contribution in [0.15, 0.2) is 35.6 Å². The van der Waals surface area contributed by atoms with Crippen LogP contribution >= 0.6 is 0 Å². The molecule has 0 aromatic rings. The number of nitrogens with one attached hydrogen (secondary N) is 1. The van der Waals surface area contributed by atoms with E-state index in [1.807, 2.05) is 45.1 Å². The Morgan fingerprint density at radius 2 is 1.77 bits per heavy atom. The van der Waals surface area contributed by atoms with Crippen molar-refractivity contribution in [3.8, 4) is 0 Å². The van der Waals surface area contributed by atoms with E-state index in [1.165, 1.54) is 6.92 Å². The zero-order chi connectivity index (χ0) is 10.3. The van der Waals surface area contributed by atoms with Gasteiger partial charge in [0.05, 0.1) is 0 Å². The fourth-order valence-electron chi connectivity index (χ4n) is 0.799. The second-order valence-corrected chi connectivity index (χ2v) is 2.87. The Hall–Kier alpha value is -1.31. The smallest absolute Gasteiger partial charge is 0.220 e. The van der Waals surface area contributed by atoms with Crippen molar-refractivity contribution in [2.75, 3.05) is 0 Å². The van der Waals surface area contributed by atoms with E-state index in [0.29, 0.717) is 0 Å². The largest absolute Gasteiger partial charge is 0.330 e. The highest BCUT2D eigenvalue weighted by Crippen LogP contribution is 2.01. The third kappa shape index (κ3) is 5.91. The van der Waals surface area contributed by atoms with Crippen molar-refractivity contribution < 1.29 is 4.79 Å². The van der Waals surface area contributed by atoms with Gasteiger partial charge in [0.1, 0.15) is 0 Å². The number of amides is 1. The van der Waals surface area contributed by atoms with Crippen molar-refractivity contribution in [2.45, 2.75) is 27.7 Å². The molecule has 0 saturated carbocycles. The van der Waals surface area contributed by atoms with Crippen molar-refractivity contribution in [3.05, 3.63) is 35.6 Å². The van der Waals surface area contributed by atoms with Gasteiger partial charge in [-0.1, -0.05) is 24.3 Å². The average molecular weight is 179 g/mol. The summed E-state index contributed by atoms with van der Waals surface area (Å²) in [6.07, 6.45) is 7.81. The van der Waals surface area contributed by atoms with Crippen molar-refractivity contribution in [2.24, 2.45) is 0 Å². The summed E-state index contributed by atoms with van der Waals surface area (Å²) in [5.41, 5.74) is 1.96. The molecule has 2 nitrogen and oxygen atoms in total. The van der Waals surface area contributed by atoms with Gasteiger partial charge in [-0.2, -0.15) is 0 Å². The van der Waals surface area contributed by atoms with Gasteiger partial charge >= 0.3 is 0 Å². The van der Waals surface area contributed by atoms with Gasteiger partial charge in [0, 0.05) is 12.6 Å². The molecule has 13 heavy (non-hydrogen) atoms. The number of hydrogen-bond acceptors (Lipinski definition) is 1. The Balaban J connectivity index is 4.34. The van der Waals surface area contributed by atoms with Crippen molar-refractivity contribution in [3.63, 3.8) is 0 Å². The molecule has 0 spiro atoms. The fourth-order valence-corrected chi connectivity index (χ4v) is 0.799. The van der Waals surface area contributed by atoms with E-state index in [4.69, 9.17) is 0 Å². The zero-order valence-electron chi connectivity index (χ0n) is 8.72. The van der Waals surface area contributed by atoms with Gasteiger partial charge < -0.3 is 5.32 Å². The molecule has 0 aliphatic rings. The van der Waals surface area contributed by atoms with E-state index in [9.17, 15) is 4.79 Å². The van der Waals surface area contributed by atoms with Crippen LogP contribution in [0.4, 0.5) is 0 Å². The summed E-state index contributed by atoms with van der Waals surface area (Å²) >= 11 is 0. The van der Waals surface area contributed by atoms with Crippen LogP contribution in [-0.4, -0.2) is 5.91 Å². The highest BCUT2D eigenvalue weighted by molar-refractivity contribution is 5.75. The van der Waals surface area contributed by atoms with Crippen LogP contribution in [0.3, 0.4) is 0 Å². The Kier molecular flexibility index (Phi) is 5.60. The molecular weight excluding hydrogens is 162 g/mol. The van der Waals surface area contributed by atoms with Crippen molar-refractivity contribution >= 4 is 5.91 Å². The van der Waals surface area contributed by atoms with Crippen LogP contribution in [0.25, 0.3) is 0 Å². The maximum atomic E-state index is 10.7. The Labute approximate surface area is 80.0 Å². The second-order valence-electron chi connectivity index (χ2n) is 2.87. The summed E-state index contributed by atoms with van der Waals surface area (Å²) in [5.74, 6) is -0.0312. The number of carbonyl (C=O) groups is 1. The summed E-state index contributed by atoms with van der Waals surface area (Å²) in [7, 11) is 0. The lowest BCUT2D eigenvalue weighted by molar-refractivity contribution is -0.118. The molecule has 0 aromatic carbocycles. The number of hydrogen-bond donors (Lipinski definition) is 1. The maximum absolute atomic E-state index is 10.7. The summed E-state index contributed by atoms with van der Waals surface area (Å²) in [6.45, 7) is 7.32. The molecular formula is C11H17NO. The molecule has 1 amide bonds. The van der Waals surface area contributed by atoms with Crippen LogP contribution < -0.4 is 5.32 Å². The standard InChI is InChI=1S/C11H17NO/c1-5-6-7-8-9(2)10(3)12-11(4)13/h5-8H,1-4H3,(H,12,13)/b6-5-,8-7-,10-9+. The normalized spacial score (nSPS) is 13.5. The monoisotopic (exact) mass is 179 g/mol. The fraction of sp³-hybridized carbons (Fsp3) is 0.364. The van der Waals surface area contributed by atoms with Gasteiger partial charge in [-0.05, 0) is 26.3 Å². The topological polar surface area (TPSA) is 29.1 Å². The summed E-state index contributed by atoms with van der Waals surface area (Å²) in [4.78, 5) is 10.7. The first-order valence-corrected chi connectivity index (χ1v) is 4.32. The molecule has 0 fully saturated rings. The Morgan fingerprint density at radius 3 is 2.23 bits per heavy atom. The molecule has 0 radical (unpaired) electrons. The third-order valence-electron chi connectivity index (χ3n) is 1.60. The minimum atomic E-state index is -0.0312. The van der Waals surface area contributed by atoms with Crippen LogP contribution in [0, 0.1) is 0 Å². The summed E-state index contributed by atoms with van der Waals surface area (Å²) in [6, 6.07) is 0. The maximum Gasteiger partial charge on any atom is 0.220 e. The highest BCUT2D eigenvalue weighted by atomic mass is 16.1. The quantitative estimate of drug-likeness (QED) is 0.663. The number of rotatable bonds is 3. The van der Waals surface area contributed by atoms with Gasteiger partial charge in [0.15, 0.2) is 0 Å². The lowest BCUT2D eigenvalue weighted by Gasteiger charge is -2.03. The molecule has 1 N–H and O–H groups in total. The van der Waals surface area contributed by atoms with Crippen LogP contribution in [0.2, 0.25) is 0 Å². The van der Waals surface area contributed by atoms with Gasteiger partial charge in [0.2, 0.25) is 5.91 Å². The first kappa shape index (κ1) is 11.7. The van der Waals surface area contributed by atoms with Crippen LogP contribution in [0.5, 0.6) is 0 Å². The zero-order valence-corrected chi connectivity index (χ0v) is 8.72. The molecule has 0 heterocycles. The highest BCUT2D eigenvalue weighted by Gasteiger charge is 1.94. The molecule has 0 aliphatic heterocycles. The van der Waals surface area contributed by atoms with Gasteiger partial charge in [-0.3, -0.25) is 4.79 Å². The van der Waals surface area contributed by atoms with E-state index < -0.39 is 0 Å². The molecule has 0 bridgehead atoms. The molecule has 72 valence electrons. The van der Waals surface area contributed by atoms with Gasteiger partial charge in [0.25, 0.3) is 0 Å². The number of allylic oxidation sites excluding steroid dienone is 6. The first-order valence-electron chi connectivity index (χ1n) is 4.32. The van der Waals surface area contributed by atoms with Crippen LogP contribution in [-0.2, 0) is 4.79 Å². The summed E-state index contributed by atoms with van der Waals surface area (Å²) in [5, 5.41) is 2.73. The molecule has 0 rings (SSSR count). The lowest BCUT2D eigenvalue weighted by atomic mass is 10.2. The SMILES string of the molecule is C\C=C/C=C\C(C)=C(/C)NC(C)=O. The predicted molar refractivity (Wildman–Crippen MR) is 56.1 cm³/mol. The second kappa shape index (κ2) is 6.23. The molecule has 0 unspecified atom stereocenters. The predicted octanol–water partition coefficient (Wildman–Crippen LogP) is 2.55. The molecule has 0 saturated heterocycles. The number of carbonyl (C=O) groups excluding carboxylic acids is 1. The summed E-state index contributed by atoms with van der Waals surface area (Å²) < 4.78 is 0. The van der Waals surface area contributed by atoms with Crippen molar-refractivity contribution in [1.29, 1.82) is 0 Å². The van der Waals surface area contributed by atoms with Gasteiger partial charge in [-0.25, -0.2) is 0 Å². The first-order chi connectivity index (χ1) is 6.07. The van der Waals surface area contributed by atoms with Gasteiger partial charge in [-0.15, -0.1) is 0 Å². The molecule has 2 heteroatoms. The minimum Gasteiger partial charge on any atom is -0.330 e.